The summed E-state index contributed by atoms with van der Waals surface area (Å²) in [6, 6.07) is 0.478. The van der Waals surface area contributed by atoms with Crippen LogP contribution < -0.4 is 0 Å². The maximum atomic E-state index is 4.51. The molecule has 3 nitrogen and oxygen atoms in total. The SMILES string of the molecule is CC(C)CN1C=NN(C(C)C)C1C(C)C. The molecule has 0 amide bonds. The maximum absolute atomic E-state index is 4.51. The smallest absolute Gasteiger partial charge is 0.121 e. The quantitative estimate of drug-likeness (QED) is 0.712. The number of hydrogen-bond donors (Lipinski definition) is 0. The van der Waals surface area contributed by atoms with Crippen molar-refractivity contribution >= 4 is 6.34 Å². The summed E-state index contributed by atoms with van der Waals surface area (Å²) >= 11 is 0. The minimum absolute atomic E-state index is 0.437. The minimum Gasteiger partial charge on any atom is -0.339 e. The van der Waals surface area contributed by atoms with Gasteiger partial charge in [0.1, 0.15) is 12.5 Å². The third-order valence-corrected chi connectivity index (χ3v) is 2.65. The van der Waals surface area contributed by atoms with Crippen molar-refractivity contribution in [3.05, 3.63) is 0 Å². The van der Waals surface area contributed by atoms with Gasteiger partial charge in [0.25, 0.3) is 0 Å². The van der Waals surface area contributed by atoms with Crippen LogP contribution in [0.4, 0.5) is 0 Å². The summed E-state index contributed by atoms with van der Waals surface area (Å²) < 4.78 is 0. The second-order valence-corrected chi connectivity index (χ2v) is 5.45. The number of hydrogen-bond acceptors (Lipinski definition) is 3. The Labute approximate surface area is 94.1 Å². The second-order valence-electron chi connectivity index (χ2n) is 5.45. The molecule has 0 fully saturated rings. The molecule has 0 aliphatic carbocycles. The highest BCUT2D eigenvalue weighted by Gasteiger charge is 2.32. The average Bonchev–Trinajstić information content (AvgIpc) is 2.46. The van der Waals surface area contributed by atoms with Gasteiger partial charge in [-0.2, -0.15) is 5.10 Å². The molecule has 0 saturated carbocycles. The van der Waals surface area contributed by atoms with Gasteiger partial charge < -0.3 is 4.90 Å². The standard InChI is InChI=1S/C12H25N3/c1-9(2)7-14-8-13-15(11(5)6)12(14)10(3)4/h8-12H,7H2,1-6H3. The Morgan fingerprint density at radius 3 is 2.13 bits per heavy atom. The van der Waals surface area contributed by atoms with Crippen molar-refractivity contribution in [3.8, 4) is 0 Å². The van der Waals surface area contributed by atoms with Crippen molar-refractivity contribution in [2.24, 2.45) is 16.9 Å². The second kappa shape index (κ2) is 4.86. The zero-order chi connectivity index (χ0) is 11.6. The van der Waals surface area contributed by atoms with Crippen LogP contribution in [0, 0.1) is 11.8 Å². The van der Waals surface area contributed by atoms with E-state index in [2.05, 4.69) is 56.6 Å². The van der Waals surface area contributed by atoms with Crippen LogP contribution in [-0.2, 0) is 0 Å². The molecule has 3 heteroatoms. The van der Waals surface area contributed by atoms with E-state index >= 15 is 0 Å². The zero-order valence-corrected chi connectivity index (χ0v) is 10.9. The molecule has 0 bridgehead atoms. The molecule has 0 aromatic carbocycles. The largest absolute Gasteiger partial charge is 0.339 e. The lowest BCUT2D eigenvalue weighted by Crippen LogP contribution is -2.47. The van der Waals surface area contributed by atoms with Gasteiger partial charge in [0.2, 0.25) is 0 Å². The van der Waals surface area contributed by atoms with Crippen LogP contribution in [0.5, 0.6) is 0 Å². The fourth-order valence-electron chi connectivity index (χ4n) is 2.12. The van der Waals surface area contributed by atoms with E-state index < -0.39 is 0 Å². The summed E-state index contributed by atoms with van der Waals surface area (Å²) in [5.41, 5.74) is 0. The fraction of sp³-hybridized carbons (Fsp3) is 0.917. The number of nitrogens with zero attached hydrogens (tertiary/aromatic N) is 3. The molecule has 1 aliphatic rings. The summed E-state index contributed by atoms with van der Waals surface area (Å²) in [5.74, 6) is 1.29. The van der Waals surface area contributed by atoms with Crippen LogP contribution in [0.2, 0.25) is 0 Å². The minimum atomic E-state index is 0.437. The van der Waals surface area contributed by atoms with Crippen molar-refractivity contribution in [1.82, 2.24) is 9.91 Å². The lowest BCUT2D eigenvalue weighted by molar-refractivity contribution is 0.0581. The summed E-state index contributed by atoms with van der Waals surface area (Å²) in [6.07, 6.45) is 2.44. The van der Waals surface area contributed by atoms with E-state index in [1.54, 1.807) is 0 Å². The van der Waals surface area contributed by atoms with Gasteiger partial charge in [-0.15, -0.1) is 0 Å². The van der Waals surface area contributed by atoms with Gasteiger partial charge in [-0.25, -0.2) is 0 Å². The Morgan fingerprint density at radius 1 is 1.13 bits per heavy atom. The first-order valence-electron chi connectivity index (χ1n) is 6.01. The van der Waals surface area contributed by atoms with E-state index in [1.165, 1.54) is 0 Å². The van der Waals surface area contributed by atoms with E-state index in [-0.39, 0.29) is 0 Å². The summed E-state index contributed by atoms with van der Waals surface area (Å²) in [7, 11) is 0. The molecule has 1 atom stereocenters. The van der Waals surface area contributed by atoms with Gasteiger partial charge in [-0.05, 0) is 25.7 Å². The van der Waals surface area contributed by atoms with Gasteiger partial charge in [0.05, 0.1) is 0 Å². The van der Waals surface area contributed by atoms with Crippen LogP contribution >= 0.6 is 0 Å². The lowest BCUT2D eigenvalue weighted by Gasteiger charge is -2.36. The van der Waals surface area contributed by atoms with E-state index in [0.29, 0.717) is 24.0 Å². The third kappa shape index (κ3) is 2.86. The zero-order valence-electron chi connectivity index (χ0n) is 10.9. The van der Waals surface area contributed by atoms with E-state index in [1.807, 2.05) is 6.34 Å². The Bertz CT molecular complexity index is 221. The molecule has 0 spiro atoms. The van der Waals surface area contributed by atoms with E-state index in [9.17, 15) is 0 Å². The number of hydrazone groups is 1. The molecule has 15 heavy (non-hydrogen) atoms. The molecule has 0 N–H and O–H groups in total. The van der Waals surface area contributed by atoms with Gasteiger partial charge in [0.15, 0.2) is 0 Å². The highest BCUT2D eigenvalue weighted by Crippen LogP contribution is 2.23. The number of rotatable bonds is 4. The summed E-state index contributed by atoms with van der Waals surface area (Å²) in [6.45, 7) is 14.5. The van der Waals surface area contributed by atoms with Crippen molar-refractivity contribution in [3.63, 3.8) is 0 Å². The van der Waals surface area contributed by atoms with Crippen LogP contribution in [0.15, 0.2) is 5.10 Å². The molecule has 88 valence electrons. The maximum Gasteiger partial charge on any atom is 0.121 e. The molecule has 0 radical (unpaired) electrons. The molecular weight excluding hydrogens is 186 g/mol. The van der Waals surface area contributed by atoms with Crippen LogP contribution in [0.3, 0.4) is 0 Å². The van der Waals surface area contributed by atoms with Gasteiger partial charge in [0, 0.05) is 12.6 Å². The Hall–Kier alpha value is -0.730. The topological polar surface area (TPSA) is 18.8 Å². The van der Waals surface area contributed by atoms with Crippen LogP contribution in [0.1, 0.15) is 41.5 Å². The van der Waals surface area contributed by atoms with E-state index in [0.717, 1.165) is 6.54 Å². The Balaban J connectivity index is 2.71. The fourth-order valence-corrected chi connectivity index (χ4v) is 2.12. The van der Waals surface area contributed by atoms with Crippen molar-refractivity contribution in [2.45, 2.75) is 53.8 Å². The first-order valence-corrected chi connectivity index (χ1v) is 6.01. The lowest BCUT2D eigenvalue weighted by atomic mass is 10.1. The molecule has 1 aliphatic heterocycles. The molecule has 0 saturated heterocycles. The van der Waals surface area contributed by atoms with Crippen molar-refractivity contribution in [2.75, 3.05) is 6.54 Å². The van der Waals surface area contributed by atoms with Gasteiger partial charge >= 0.3 is 0 Å². The third-order valence-electron chi connectivity index (χ3n) is 2.65. The van der Waals surface area contributed by atoms with E-state index in [4.69, 9.17) is 0 Å². The normalized spacial score (nSPS) is 21.5. The molecule has 1 unspecified atom stereocenters. The average molecular weight is 211 g/mol. The molecular formula is C12H25N3. The monoisotopic (exact) mass is 211 g/mol. The molecule has 1 heterocycles. The van der Waals surface area contributed by atoms with Crippen LogP contribution in [0.25, 0.3) is 0 Å². The predicted molar refractivity (Wildman–Crippen MR) is 65.6 cm³/mol. The highest BCUT2D eigenvalue weighted by atomic mass is 15.6. The van der Waals surface area contributed by atoms with Gasteiger partial charge in [-0.3, -0.25) is 5.01 Å². The van der Waals surface area contributed by atoms with Crippen LogP contribution in [-0.4, -0.2) is 35.0 Å². The highest BCUT2D eigenvalue weighted by molar-refractivity contribution is 5.57. The van der Waals surface area contributed by atoms with Gasteiger partial charge in [-0.1, -0.05) is 27.7 Å². The molecule has 1 rings (SSSR count). The summed E-state index contributed by atoms with van der Waals surface area (Å²) in [4.78, 5) is 2.37. The first kappa shape index (κ1) is 12.3. The van der Waals surface area contributed by atoms with Crippen molar-refractivity contribution in [1.29, 1.82) is 0 Å². The molecule has 0 aromatic heterocycles. The Kier molecular flexibility index (Phi) is 4.00. The van der Waals surface area contributed by atoms with Crippen molar-refractivity contribution < 1.29 is 0 Å². The first-order chi connectivity index (χ1) is 6.93. The molecule has 0 aromatic rings. The summed E-state index contributed by atoms with van der Waals surface area (Å²) in [5, 5.41) is 6.72. The predicted octanol–water partition coefficient (Wildman–Crippen LogP) is 2.59. The Morgan fingerprint density at radius 2 is 1.73 bits per heavy atom.